The summed E-state index contributed by atoms with van der Waals surface area (Å²) >= 11 is 0. The number of nitrogens with two attached hydrogens (primary N) is 1. The van der Waals surface area contributed by atoms with Crippen molar-refractivity contribution in [1.82, 2.24) is 0 Å². The molecule has 0 aliphatic carbocycles. The molecule has 0 radical (unpaired) electrons. The van der Waals surface area contributed by atoms with E-state index in [0.29, 0.717) is 19.6 Å². The summed E-state index contributed by atoms with van der Waals surface area (Å²) in [5, 5.41) is 0. The number of rotatable bonds is 6. The monoisotopic (exact) mass is 197 g/mol. The smallest absolute Gasteiger partial charge is 0.116 e. The molecular formula is C11H16FNO. The molecule has 0 bridgehead atoms. The maximum absolute atomic E-state index is 12.4. The van der Waals surface area contributed by atoms with Gasteiger partial charge in [-0.2, -0.15) is 0 Å². The largest absolute Gasteiger partial charge is 0.371 e. The Balaban J connectivity index is 2.32. The summed E-state index contributed by atoms with van der Waals surface area (Å²) in [5.41, 5.74) is 6.39. The fourth-order valence-electron chi connectivity index (χ4n) is 1.18. The number of halogens is 1. The number of alkyl halides is 1. The average molecular weight is 197 g/mol. The Morgan fingerprint density at radius 3 is 2.57 bits per heavy atom. The SMILES string of the molecule is NCCC(CF)OCc1ccccc1. The minimum atomic E-state index is -0.468. The van der Waals surface area contributed by atoms with E-state index in [-0.39, 0.29) is 6.10 Å². The van der Waals surface area contributed by atoms with Crippen LogP contribution in [0.4, 0.5) is 4.39 Å². The average Bonchev–Trinajstić information content (AvgIpc) is 2.25. The molecular weight excluding hydrogens is 181 g/mol. The van der Waals surface area contributed by atoms with Crippen LogP contribution in [-0.4, -0.2) is 19.3 Å². The highest BCUT2D eigenvalue weighted by Crippen LogP contribution is 2.05. The molecule has 0 aromatic heterocycles. The van der Waals surface area contributed by atoms with E-state index in [1.54, 1.807) is 0 Å². The molecule has 0 fully saturated rings. The van der Waals surface area contributed by atoms with Crippen molar-refractivity contribution in [3.63, 3.8) is 0 Å². The second-order valence-electron chi connectivity index (χ2n) is 3.15. The molecule has 2 N–H and O–H groups in total. The van der Waals surface area contributed by atoms with Crippen LogP contribution in [0.2, 0.25) is 0 Å². The number of benzene rings is 1. The van der Waals surface area contributed by atoms with Crippen molar-refractivity contribution in [2.45, 2.75) is 19.1 Å². The molecule has 0 spiro atoms. The third-order valence-corrected chi connectivity index (χ3v) is 1.99. The summed E-state index contributed by atoms with van der Waals surface area (Å²) in [6, 6.07) is 9.73. The number of hydrogen-bond donors (Lipinski definition) is 1. The van der Waals surface area contributed by atoms with Gasteiger partial charge in [-0.05, 0) is 18.5 Å². The zero-order valence-corrected chi connectivity index (χ0v) is 8.16. The quantitative estimate of drug-likeness (QED) is 0.755. The molecule has 2 nitrogen and oxygen atoms in total. The van der Waals surface area contributed by atoms with Crippen molar-refractivity contribution < 1.29 is 9.13 Å². The van der Waals surface area contributed by atoms with Gasteiger partial charge in [0.15, 0.2) is 0 Å². The van der Waals surface area contributed by atoms with Gasteiger partial charge >= 0.3 is 0 Å². The van der Waals surface area contributed by atoms with Gasteiger partial charge in [0.2, 0.25) is 0 Å². The van der Waals surface area contributed by atoms with Gasteiger partial charge in [-0.25, -0.2) is 4.39 Å². The highest BCUT2D eigenvalue weighted by Gasteiger charge is 2.07. The lowest BCUT2D eigenvalue weighted by molar-refractivity contribution is 0.0205. The molecule has 0 saturated heterocycles. The van der Waals surface area contributed by atoms with Crippen LogP contribution in [0.1, 0.15) is 12.0 Å². The third-order valence-electron chi connectivity index (χ3n) is 1.99. The van der Waals surface area contributed by atoms with Crippen LogP contribution in [0.15, 0.2) is 30.3 Å². The Hall–Kier alpha value is -0.930. The second kappa shape index (κ2) is 6.51. The van der Waals surface area contributed by atoms with E-state index in [2.05, 4.69) is 0 Å². The lowest BCUT2D eigenvalue weighted by Crippen LogP contribution is -2.19. The van der Waals surface area contributed by atoms with Gasteiger partial charge in [0.1, 0.15) is 6.67 Å². The Kier molecular flexibility index (Phi) is 5.19. The van der Waals surface area contributed by atoms with Gasteiger partial charge in [0.05, 0.1) is 12.7 Å². The molecule has 78 valence electrons. The van der Waals surface area contributed by atoms with Crippen LogP contribution >= 0.6 is 0 Å². The summed E-state index contributed by atoms with van der Waals surface area (Å²) in [5.74, 6) is 0. The van der Waals surface area contributed by atoms with Gasteiger partial charge in [-0.3, -0.25) is 0 Å². The van der Waals surface area contributed by atoms with Crippen LogP contribution in [0.3, 0.4) is 0 Å². The molecule has 1 rings (SSSR count). The molecule has 1 unspecified atom stereocenters. The van der Waals surface area contributed by atoms with E-state index < -0.39 is 6.67 Å². The highest BCUT2D eigenvalue weighted by molar-refractivity contribution is 5.13. The molecule has 1 aromatic carbocycles. The lowest BCUT2D eigenvalue weighted by atomic mass is 10.2. The van der Waals surface area contributed by atoms with Crippen molar-refractivity contribution >= 4 is 0 Å². The van der Waals surface area contributed by atoms with Gasteiger partial charge in [0, 0.05) is 0 Å². The minimum absolute atomic E-state index is 0.361. The predicted molar refractivity (Wildman–Crippen MR) is 54.7 cm³/mol. The summed E-state index contributed by atoms with van der Waals surface area (Å²) in [4.78, 5) is 0. The third kappa shape index (κ3) is 3.85. The standard InChI is InChI=1S/C11H16FNO/c12-8-11(6-7-13)14-9-10-4-2-1-3-5-10/h1-5,11H,6-9,13H2. The molecule has 3 heteroatoms. The predicted octanol–water partition coefficient (Wildman–Crippen LogP) is 1.89. The van der Waals surface area contributed by atoms with Gasteiger partial charge < -0.3 is 10.5 Å². The van der Waals surface area contributed by atoms with Crippen LogP contribution < -0.4 is 5.73 Å². The maximum atomic E-state index is 12.4. The van der Waals surface area contributed by atoms with E-state index in [4.69, 9.17) is 10.5 Å². The Bertz CT molecular complexity index is 240. The van der Waals surface area contributed by atoms with Crippen molar-refractivity contribution in [3.05, 3.63) is 35.9 Å². The van der Waals surface area contributed by atoms with E-state index in [0.717, 1.165) is 5.56 Å². The molecule has 1 aromatic rings. The fraction of sp³-hybridized carbons (Fsp3) is 0.455. The molecule has 0 aliphatic heterocycles. The Labute approximate surface area is 83.9 Å². The summed E-state index contributed by atoms with van der Waals surface area (Å²) < 4.78 is 17.7. The first-order valence-electron chi connectivity index (χ1n) is 4.78. The first kappa shape index (κ1) is 11.1. The summed E-state index contributed by atoms with van der Waals surface area (Å²) in [6.07, 6.45) is 0.212. The normalized spacial score (nSPS) is 12.7. The molecule has 0 amide bonds. The molecule has 1 atom stereocenters. The van der Waals surface area contributed by atoms with Crippen LogP contribution in [0.5, 0.6) is 0 Å². The molecule has 14 heavy (non-hydrogen) atoms. The first-order chi connectivity index (χ1) is 6.86. The van der Waals surface area contributed by atoms with Crippen molar-refractivity contribution in [3.8, 4) is 0 Å². The molecule has 0 aliphatic rings. The Morgan fingerprint density at radius 1 is 1.29 bits per heavy atom. The van der Waals surface area contributed by atoms with Crippen molar-refractivity contribution in [2.75, 3.05) is 13.2 Å². The van der Waals surface area contributed by atoms with E-state index >= 15 is 0 Å². The van der Waals surface area contributed by atoms with Gasteiger partial charge in [0.25, 0.3) is 0 Å². The van der Waals surface area contributed by atoms with Crippen LogP contribution in [0, 0.1) is 0 Å². The van der Waals surface area contributed by atoms with Crippen molar-refractivity contribution in [2.24, 2.45) is 5.73 Å². The van der Waals surface area contributed by atoms with Crippen LogP contribution in [-0.2, 0) is 11.3 Å². The van der Waals surface area contributed by atoms with E-state index in [1.807, 2.05) is 30.3 Å². The minimum Gasteiger partial charge on any atom is -0.371 e. The van der Waals surface area contributed by atoms with Crippen molar-refractivity contribution in [1.29, 1.82) is 0 Å². The number of hydrogen-bond acceptors (Lipinski definition) is 2. The lowest BCUT2D eigenvalue weighted by Gasteiger charge is -2.13. The fourth-order valence-corrected chi connectivity index (χ4v) is 1.18. The van der Waals surface area contributed by atoms with Crippen LogP contribution in [0.25, 0.3) is 0 Å². The van der Waals surface area contributed by atoms with Gasteiger partial charge in [-0.1, -0.05) is 30.3 Å². The summed E-state index contributed by atoms with van der Waals surface area (Å²) in [6.45, 7) is 0.447. The first-order valence-corrected chi connectivity index (χ1v) is 4.78. The summed E-state index contributed by atoms with van der Waals surface area (Å²) in [7, 11) is 0. The Morgan fingerprint density at radius 2 is 2.00 bits per heavy atom. The number of ether oxygens (including phenoxy) is 1. The van der Waals surface area contributed by atoms with E-state index in [1.165, 1.54) is 0 Å². The molecule has 0 heterocycles. The van der Waals surface area contributed by atoms with E-state index in [9.17, 15) is 4.39 Å². The van der Waals surface area contributed by atoms with Gasteiger partial charge in [-0.15, -0.1) is 0 Å². The zero-order chi connectivity index (χ0) is 10.2. The maximum Gasteiger partial charge on any atom is 0.116 e. The second-order valence-corrected chi connectivity index (χ2v) is 3.15. The molecule has 0 saturated carbocycles. The highest BCUT2D eigenvalue weighted by atomic mass is 19.1. The zero-order valence-electron chi connectivity index (χ0n) is 8.16. The topological polar surface area (TPSA) is 35.2 Å².